The minimum absolute atomic E-state index is 0.172. The molecule has 1 unspecified atom stereocenters. The second-order valence-corrected chi connectivity index (χ2v) is 8.16. The molecule has 0 aromatic carbocycles. The average Bonchev–Trinajstić information content (AvgIpc) is 2.76. The molecule has 0 amide bonds. The third kappa shape index (κ3) is 2.71. The normalized spacial score (nSPS) is 23.4. The van der Waals surface area contributed by atoms with Crippen molar-refractivity contribution < 1.29 is 8.42 Å². The zero-order chi connectivity index (χ0) is 13.3. The number of thiophene rings is 1. The van der Waals surface area contributed by atoms with Gasteiger partial charge in [0.1, 0.15) is 4.21 Å². The number of nitrogens with zero attached hydrogens (tertiary/aromatic N) is 2. The van der Waals surface area contributed by atoms with Crippen molar-refractivity contribution in [3.05, 3.63) is 16.5 Å². The van der Waals surface area contributed by atoms with Gasteiger partial charge in [-0.25, -0.2) is 8.42 Å². The summed E-state index contributed by atoms with van der Waals surface area (Å²) in [5, 5.41) is 0. The SMILES string of the molecule is CN1CCN(S(=O)(=O)c2ccc(Cl)s2)C(CN)C1. The van der Waals surface area contributed by atoms with Crippen molar-refractivity contribution in [2.24, 2.45) is 5.73 Å². The van der Waals surface area contributed by atoms with Crippen molar-refractivity contribution in [1.82, 2.24) is 9.21 Å². The van der Waals surface area contributed by atoms with Crippen LogP contribution in [0.4, 0.5) is 0 Å². The molecule has 1 aliphatic rings. The van der Waals surface area contributed by atoms with Crippen LogP contribution in [0.15, 0.2) is 16.3 Å². The summed E-state index contributed by atoms with van der Waals surface area (Å²) in [5.41, 5.74) is 5.68. The van der Waals surface area contributed by atoms with Crippen molar-refractivity contribution in [2.45, 2.75) is 10.3 Å². The molecule has 0 bridgehead atoms. The first-order valence-electron chi connectivity index (χ1n) is 5.61. The largest absolute Gasteiger partial charge is 0.329 e. The molecule has 102 valence electrons. The molecule has 1 aromatic heterocycles. The average molecular weight is 310 g/mol. The summed E-state index contributed by atoms with van der Waals surface area (Å²) in [7, 11) is -1.50. The van der Waals surface area contributed by atoms with Gasteiger partial charge in [-0.05, 0) is 19.2 Å². The molecular weight excluding hydrogens is 294 g/mol. The van der Waals surface area contributed by atoms with Crippen LogP contribution in [0, 0.1) is 0 Å². The van der Waals surface area contributed by atoms with Crippen LogP contribution < -0.4 is 5.73 Å². The van der Waals surface area contributed by atoms with E-state index in [1.165, 1.54) is 4.31 Å². The monoisotopic (exact) mass is 309 g/mol. The van der Waals surface area contributed by atoms with Crippen molar-refractivity contribution in [3.63, 3.8) is 0 Å². The fraction of sp³-hybridized carbons (Fsp3) is 0.600. The van der Waals surface area contributed by atoms with E-state index in [9.17, 15) is 8.42 Å². The summed E-state index contributed by atoms with van der Waals surface area (Å²) in [6.07, 6.45) is 0. The molecule has 0 saturated carbocycles. The molecule has 1 aromatic rings. The van der Waals surface area contributed by atoms with Gasteiger partial charge in [-0.1, -0.05) is 11.6 Å². The molecule has 1 saturated heterocycles. The van der Waals surface area contributed by atoms with E-state index in [0.717, 1.165) is 17.9 Å². The highest BCUT2D eigenvalue weighted by Crippen LogP contribution is 2.29. The predicted molar refractivity (Wildman–Crippen MR) is 73.6 cm³/mol. The van der Waals surface area contributed by atoms with Crippen LogP contribution in [0.25, 0.3) is 0 Å². The van der Waals surface area contributed by atoms with Gasteiger partial charge >= 0.3 is 0 Å². The standard InChI is InChI=1S/C10H16ClN3O2S2/c1-13-4-5-14(8(6-12)7-13)18(15,16)10-3-2-9(11)17-10/h2-3,8H,4-7,12H2,1H3. The lowest BCUT2D eigenvalue weighted by molar-refractivity contribution is 0.164. The highest BCUT2D eigenvalue weighted by molar-refractivity contribution is 7.91. The van der Waals surface area contributed by atoms with Crippen LogP contribution in [-0.4, -0.2) is 56.9 Å². The molecule has 1 atom stereocenters. The molecule has 2 rings (SSSR count). The Kier molecular flexibility index (Phi) is 4.30. The topological polar surface area (TPSA) is 66.6 Å². The van der Waals surface area contributed by atoms with Crippen molar-refractivity contribution >= 4 is 33.0 Å². The second kappa shape index (κ2) is 5.44. The number of piperazine rings is 1. The Bertz CT molecular complexity index is 517. The molecule has 0 spiro atoms. The number of hydrogen-bond donors (Lipinski definition) is 1. The van der Waals surface area contributed by atoms with Gasteiger partial charge < -0.3 is 10.6 Å². The Morgan fingerprint density at radius 3 is 2.78 bits per heavy atom. The zero-order valence-electron chi connectivity index (χ0n) is 10.0. The van der Waals surface area contributed by atoms with Gasteiger partial charge in [0.15, 0.2) is 0 Å². The Labute approximate surface area is 116 Å². The summed E-state index contributed by atoms with van der Waals surface area (Å²) in [4.78, 5) is 2.09. The quantitative estimate of drug-likeness (QED) is 0.891. The van der Waals surface area contributed by atoms with E-state index in [-0.39, 0.29) is 10.3 Å². The maximum atomic E-state index is 12.5. The van der Waals surface area contributed by atoms with Crippen LogP contribution in [0.2, 0.25) is 4.34 Å². The van der Waals surface area contributed by atoms with E-state index in [4.69, 9.17) is 17.3 Å². The number of likely N-dealkylation sites (N-methyl/N-ethyl adjacent to an activating group) is 1. The summed E-state index contributed by atoms with van der Waals surface area (Å²) in [5.74, 6) is 0. The molecule has 0 aliphatic carbocycles. The third-order valence-corrected chi connectivity index (χ3v) is 6.67. The molecule has 1 fully saturated rings. The molecule has 1 aliphatic heterocycles. The Morgan fingerprint density at radius 1 is 1.50 bits per heavy atom. The third-order valence-electron chi connectivity index (χ3n) is 3.02. The number of hydrogen-bond acceptors (Lipinski definition) is 5. The fourth-order valence-corrected chi connectivity index (χ4v) is 5.28. The summed E-state index contributed by atoms with van der Waals surface area (Å²) < 4.78 is 27.2. The Hall–Kier alpha value is -0.180. The molecule has 0 radical (unpaired) electrons. The number of nitrogens with two attached hydrogens (primary N) is 1. The zero-order valence-corrected chi connectivity index (χ0v) is 12.4. The number of sulfonamides is 1. The van der Waals surface area contributed by atoms with Gasteiger partial charge in [-0.15, -0.1) is 11.3 Å². The summed E-state index contributed by atoms with van der Waals surface area (Å²) >= 11 is 6.88. The van der Waals surface area contributed by atoms with E-state index in [1.807, 2.05) is 7.05 Å². The van der Waals surface area contributed by atoms with Gasteiger partial charge in [-0.2, -0.15) is 4.31 Å². The first-order valence-corrected chi connectivity index (χ1v) is 8.24. The molecule has 8 heteroatoms. The van der Waals surface area contributed by atoms with Gasteiger partial charge in [0.2, 0.25) is 0 Å². The van der Waals surface area contributed by atoms with Crippen LogP contribution in [-0.2, 0) is 10.0 Å². The molecule has 18 heavy (non-hydrogen) atoms. The first-order chi connectivity index (χ1) is 8.45. The Balaban J connectivity index is 2.29. The minimum Gasteiger partial charge on any atom is -0.329 e. The maximum Gasteiger partial charge on any atom is 0.252 e. The highest BCUT2D eigenvalue weighted by Gasteiger charge is 2.35. The molecule has 2 heterocycles. The van der Waals surface area contributed by atoms with Crippen molar-refractivity contribution in [1.29, 1.82) is 0 Å². The van der Waals surface area contributed by atoms with E-state index in [0.29, 0.717) is 24.0 Å². The number of halogens is 1. The van der Waals surface area contributed by atoms with Gasteiger partial charge in [-0.3, -0.25) is 0 Å². The second-order valence-electron chi connectivity index (χ2n) is 4.33. The molecule has 5 nitrogen and oxygen atoms in total. The lowest BCUT2D eigenvalue weighted by Gasteiger charge is -2.38. The van der Waals surface area contributed by atoms with Gasteiger partial charge in [0, 0.05) is 26.2 Å². The van der Waals surface area contributed by atoms with E-state index < -0.39 is 10.0 Å². The summed E-state index contributed by atoms with van der Waals surface area (Å²) in [6, 6.07) is 2.98. The van der Waals surface area contributed by atoms with Gasteiger partial charge in [0.05, 0.1) is 10.4 Å². The van der Waals surface area contributed by atoms with Crippen LogP contribution in [0.3, 0.4) is 0 Å². The highest BCUT2D eigenvalue weighted by atomic mass is 35.5. The lowest BCUT2D eigenvalue weighted by atomic mass is 10.2. The minimum atomic E-state index is -3.47. The predicted octanol–water partition coefficient (Wildman–Crippen LogP) is 0.665. The van der Waals surface area contributed by atoms with Crippen LogP contribution >= 0.6 is 22.9 Å². The summed E-state index contributed by atoms with van der Waals surface area (Å²) in [6.45, 7) is 2.17. The lowest BCUT2D eigenvalue weighted by Crippen LogP contribution is -2.56. The van der Waals surface area contributed by atoms with Crippen molar-refractivity contribution in [3.8, 4) is 0 Å². The van der Waals surface area contributed by atoms with Crippen molar-refractivity contribution in [2.75, 3.05) is 33.2 Å². The molecular formula is C10H16ClN3O2S2. The van der Waals surface area contributed by atoms with E-state index in [1.54, 1.807) is 12.1 Å². The fourth-order valence-electron chi connectivity index (χ4n) is 2.05. The maximum absolute atomic E-state index is 12.5. The Morgan fingerprint density at radius 2 is 2.22 bits per heavy atom. The van der Waals surface area contributed by atoms with E-state index in [2.05, 4.69) is 4.90 Å². The van der Waals surface area contributed by atoms with Gasteiger partial charge in [0.25, 0.3) is 10.0 Å². The van der Waals surface area contributed by atoms with Crippen LogP contribution in [0.5, 0.6) is 0 Å². The van der Waals surface area contributed by atoms with E-state index >= 15 is 0 Å². The van der Waals surface area contributed by atoms with Crippen LogP contribution in [0.1, 0.15) is 0 Å². The molecule has 2 N–H and O–H groups in total. The number of rotatable bonds is 3. The smallest absolute Gasteiger partial charge is 0.252 e. The first kappa shape index (κ1) is 14.2.